The zero-order valence-corrected chi connectivity index (χ0v) is 16.5. The Hall–Kier alpha value is -2.58. The lowest BCUT2D eigenvalue weighted by Gasteiger charge is -2.29. The Kier molecular flexibility index (Phi) is 4.12. The molecule has 27 heavy (non-hydrogen) atoms. The number of anilines is 1. The third-order valence-electron chi connectivity index (χ3n) is 5.83. The van der Waals surface area contributed by atoms with Gasteiger partial charge in [-0.05, 0) is 51.8 Å². The number of nitrogens with two attached hydrogens (primary N) is 1. The molecule has 1 aliphatic carbocycles. The molecule has 3 N–H and O–H groups in total. The Labute approximate surface area is 161 Å². The average molecular weight is 357 g/mol. The van der Waals surface area contributed by atoms with Gasteiger partial charge in [0.05, 0.1) is 0 Å². The Morgan fingerprint density at radius 3 is 1.56 bits per heavy atom. The number of nitrogen functional groups attached to an aromatic ring is 1. The van der Waals surface area contributed by atoms with E-state index in [2.05, 4.69) is 52.0 Å². The van der Waals surface area contributed by atoms with E-state index in [1.165, 1.54) is 0 Å². The maximum absolute atomic E-state index is 12.1. The summed E-state index contributed by atoms with van der Waals surface area (Å²) < 4.78 is 0. The second-order valence-electron chi connectivity index (χ2n) is 8.18. The molecule has 0 spiro atoms. The molecule has 0 amide bonds. The number of aliphatic hydroxyl groups is 1. The Morgan fingerprint density at radius 1 is 0.741 bits per heavy atom. The van der Waals surface area contributed by atoms with Crippen LogP contribution in [0.15, 0.2) is 60.7 Å². The molecule has 0 unspecified atom stereocenters. The maximum Gasteiger partial charge on any atom is 0.141 e. The van der Waals surface area contributed by atoms with E-state index in [4.69, 9.17) is 5.73 Å². The van der Waals surface area contributed by atoms with Gasteiger partial charge >= 0.3 is 0 Å². The lowest BCUT2D eigenvalue weighted by molar-refractivity contribution is 0.130. The maximum atomic E-state index is 12.1. The lowest BCUT2D eigenvalue weighted by Crippen LogP contribution is -2.27. The molecule has 4 rings (SSSR count). The third-order valence-corrected chi connectivity index (χ3v) is 5.83. The van der Waals surface area contributed by atoms with Crippen molar-refractivity contribution in [3.8, 4) is 11.1 Å². The van der Waals surface area contributed by atoms with Crippen molar-refractivity contribution >= 4 is 5.69 Å². The van der Waals surface area contributed by atoms with Crippen LogP contribution in [0.4, 0.5) is 5.69 Å². The molecule has 0 saturated heterocycles. The van der Waals surface area contributed by atoms with Gasteiger partial charge in [0.25, 0.3) is 0 Å². The summed E-state index contributed by atoms with van der Waals surface area (Å²) >= 11 is 0. The number of fused-ring (bicyclic) bond motifs is 3. The van der Waals surface area contributed by atoms with E-state index in [1.807, 2.05) is 36.4 Å². The Morgan fingerprint density at radius 2 is 1.15 bits per heavy atom. The minimum absolute atomic E-state index is 0.290. The first-order valence-electron chi connectivity index (χ1n) is 9.71. The largest absolute Gasteiger partial charge is 0.398 e. The van der Waals surface area contributed by atoms with E-state index in [1.54, 1.807) is 0 Å². The van der Waals surface area contributed by atoms with E-state index in [0.29, 0.717) is 0 Å². The second kappa shape index (κ2) is 6.24. The third kappa shape index (κ3) is 2.51. The van der Waals surface area contributed by atoms with Crippen molar-refractivity contribution < 1.29 is 5.11 Å². The monoisotopic (exact) mass is 357 g/mol. The Balaban J connectivity index is 2.06. The first kappa shape index (κ1) is 17.8. The standard InChI is InChI=1S/C25H27NO/c1-15(2)20-13-17(14-21(16(3)4)24(20)26)25(27)22-11-7-5-9-18(22)19-10-6-8-12-23(19)25/h5-16,27H,26H2,1-4H3. The van der Waals surface area contributed by atoms with E-state index < -0.39 is 5.60 Å². The highest BCUT2D eigenvalue weighted by Crippen LogP contribution is 2.51. The van der Waals surface area contributed by atoms with Crippen LogP contribution in [-0.4, -0.2) is 5.11 Å². The number of rotatable bonds is 3. The molecule has 0 saturated carbocycles. The van der Waals surface area contributed by atoms with Crippen molar-refractivity contribution in [2.45, 2.75) is 45.1 Å². The fourth-order valence-electron chi connectivity index (χ4n) is 4.39. The van der Waals surface area contributed by atoms with Crippen molar-refractivity contribution in [1.82, 2.24) is 0 Å². The first-order valence-corrected chi connectivity index (χ1v) is 9.71. The summed E-state index contributed by atoms with van der Waals surface area (Å²) in [5.41, 5.74) is 13.4. The number of benzene rings is 3. The van der Waals surface area contributed by atoms with Gasteiger partial charge in [0.2, 0.25) is 0 Å². The summed E-state index contributed by atoms with van der Waals surface area (Å²) in [6.07, 6.45) is 0. The van der Waals surface area contributed by atoms with Gasteiger partial charge < -0.3 is 10.8 Å². The van der Waals surface area contributed by atoms with Crippen molar-refractivity contribution in [2.75, 3.05) is 5.73 Å². The van der Waals surface area contributed by atoms with Crippen LogP contribution in [0.1, 0.15) is 67.3 Å². The minimum Gasteiger partial charge on any atom is -0.398 e. The quantitative estimate of drug-likeness (QED) is 0.584. The summed E-state index contributed by atoms with van der Waals surface area (Å²) in [5, 5.41) is 12.1. The zero-order valence-electron chi connectivity index (χ0n) is 16.5. The van der Waals surface area contributed by atoms with Crippen LogP contribution in [0, 0.1) is 0 Å². The molecule has 0 aromatic heterocycles. The summed E-state index contributed by atoms with van der Waals surface area (Å²) in [6, 6.07) is 20.5. The van der Waals surface area contributed by atoms with E-state index in [0.717, 1.165) is 44.6 Å². The zero-order chi connectivity index (χ0) is 19.3. The van der Waals surface area contributed by atoms with Crippen LogP contribution in [-0.2, 0) is 5.60 Å². The highest BCUT2D eigenvalue weighted by Gasteiger charge is 2.43. The molecule has 3 aromatic rings. The topological polar surface area (TPSA) is 46.2 Å². The van der Waals surface area contributed by atoms with Crippen molar-refractivity contribution in [1.29, 1.82) is 0 Å². The molecule has 0 heterocycles. The van der Waals surface area contributed by atoms with Gasteiger partial charge in [-0.2, -0.15) is 0 Å². The predicted molar refractivity (Wildman–Crippen MR) is 113 cm³/mol. The van der Waals surface area contributed by atoms with Gasteiger partial charge in [0, 0.05) is 16.8 Å². The van der Waals surface area contributed by atoms with Crippen LogP contribution in [0.25, 0.3) is 11.1 Å². The number of hydrogen-bond donors (Lipinski definition) is 2. The van der Waals surface area contributed by atoms with Gasteiger partial charge in [-0.3, -0.25) is 0 Å². The molecule has 1 aliphatic rings. The first-order chi connectivity index (χ1) is 12.9. The van der Waals surface area contributed by atoms with Crippen LogP contribution >= 0.6 is 0 Å². The molecule has 3 aromatic carbocycles. The molecular formula is C25H27NO. The van der Waals surface area contributed by atoms with Crippen LogP contribution in [0.3, 0.4) is 0 Å². The van der Waals surface area contributed by atoms with Gasteiger partial charge in [-0.25, -0.2) is 0 Å². The molecule has 2 heteroatoms. The summed E-state index contributed by atoms with van der Waals surface area (Å²) in [5.74, 6) is 0.580. The van der Waals surface area contributed by atoms with Crippen molar-refractivity contribution in [2.24, 2.45) is 0 Å². The highest BCUT2D eigenvalue weighted by atomic mass is 16.3. The van der Waals surface area contributed by atoms with Gasteiger partial charge in [0.1, 0.15) is 5.60 Å². The molecule has 138 valence electrons. The van der Waals surface area contributed by atoms with E-state index in [9.17, 15) is 5.11 Å². The smallest absolute Gasteiger partial charge is 0.141 e. The fraction of sp³-hybridized carbons (Fsp3) is 0.280. The lowest BCUT2D eigenvalue weighted by atomic mass is 9.80. The molecule has 0 aliphatic heterocycles. The fourth-order valence-corrected chi connectivity index (χ4v) is 4.39. The van der Waals surface area contributed by atoms with Gasteiger partial charge in [-0.15, -0.1) is 0 Å². The summed E-state index contributed by atoms with van der Waals surface area (Å²) in [4.78, 5) is 0. The molecule has 0 atom stereocenters. The molecular weight excluding hydrogens is 330 g/mol. The van der Waals surface area contributed by atoms with E-state index >= 15 is 0 Å². The Bertz CT molecular complexity index is 942. The minimum atomic E-state index is -1.16. The van der Waals surface area contributed by atoms with Crippen molar-refractivity contribution in [3.05, 3.63) is 88.5 Å². The molecule has 2 nitrogen and oxygen atoms in total. The number of hydrogen-bond acceptors (Lipinski definition) is 2. The van der Waals surface area contributed by atoms with Crippen LogP contribution in [0.5, 0.6) is 0 Å². The molecule has 0 radical (unpaired) electrons. The predicted octanol–water partition coefficient (Wildman–Crippen LogP) is 5.78. The van der Waals surface area contributed by atoms with Crippen LogP contribution in [0.2, 0.25) is 0 Å². The molecule has 0 bridgehead atoms. The second-order valence-corrected chi connectivity index (χ2v) is 8.18. The van der Waals surface area contributed by atoms with Crippen LogP contribution < -0.4 is 5.73 Å². The highest BCUT2D eigenvalue weighted by molar-refractivity contribution is 5.82. The summed E-state index contributed by atoms with van der Waals surface area (Å²) in [6.45, 7) is 8.61. The SMILES string of the molecule is CC(C)c1cc(C2(O)c3ccccc3-c3ccccc32)cc(C(C)C)c1N. The van der Waals surface area contributed by atoms with Crippen molar-refractivity contribution in [3.63, 3.8) is 0 Å². The average Bonchev–Trinajstić information content (AvgIpc) is 2.92. The summed E-state index contributed by atoms with van der Waals surface area (Å²) in [7, 11) is 0. The van der Waals surface area contributed by atoms with Gasteiger partial charge in [0.15, 0.2) is 0 Å². The van der Waals surface area contributed by atoms with Gasteiger partial charge in [-0.1, -0.05) is 76.2 Å². The molecule has 0 fully saturated rings. The van der Waals surface area contributed by atoms with E-state index in [-0.39, 0.29) is 11.8 Å². The normalized spacial score (nSPS) is 14.5.